The van der Waals surface area contributed by atoms with Crippen LogP contribution in [0.15, 0.2) is 47.3 Å². The van der Waals surface area contributed by atoms with Crippen LogP contribution in [0, 0.1) is 3.70 Å². The van der Waals surface area contributed by atoms with E-state index in [0.29, 0.717) is 31.5 Å². The molecule has 8 heteroatoms. The van der Waals surface area contributed by atoms with Gasteiger partial charge in [-0.05, 0) is 46.9 Å². The maximum Gasteiger partial charge on any atom is 0.261 e. The van der Waals surface area contributed by atoms with Crippen molar-refractivity contribution in [2.45, 2.75) is 6.54 Å². The number of nitrogens with zero attached hydrogens (tertiary/aromatic N) is 3. The van der Waals surface area contributed by atoms with Crippen molar-refractivity contribution in [1.29, 1.82) is 0 Å². The van der Waals surface area contributed by atoms with Gasteiger partial charge in [0.2, 0.25) is 5.43 Å². The molecule has 0 saturated carbocycles. The minimum Gasteiger partial charge on any atom is -0.494 e. The lowest BCUT2D eigenvalue weighted by Gasteiger charge is -2.17. The first-order chi connectivity index (χ1) is 13.0. The van der Waals surface area contributed by atoms with Gasteiger partial charge in [0.05, 0.1) is 30.2 Å². The lowest BCUT2D eigenvalue weighted by molar-refractivity contribution is 0.0648. The summed E-state index contributed by atoms with van der Waals surface area (Å²) in [7, 11) is 1.52. The quantitative estimate of drug-likeness (QED) is 0.428. The van der Waals surface area contributed by atoms with Crippen molar-refractivity contribution < 1.29 is 14.3 Å². The number of carbonyl (C=O) groups excluding carboxylic acids is 2. The SMILES string of the molecule is COc1cccc2c(=O)c(I)nn(CCN3C(=O)c4ccccc4C3=O)c12. The molecule has 1 aliphatic heterocycles. The first kappa shape index (κ1) is 17.7. The Bertz CT molecular complexity index is 1120. The molecule has 0 N–H and O–H groups in total. The number of methoxy groups -OCH3 is 1. The lowest BCUT2D eigenvalue weighted by atomic mass is 10.1. The third-order valence-electron chi connectivity index (χ3n) is 4.53. The molecule has 0 spiro atoms. The maximum absolute atomic E-state index is 12.5. The van der Waals surface area contributed by atoms with Crippen molar-refractivity contribution in [1.82, 2.24) is 14.7 Å². The van der Waals surface area contributed by atoms with Crippen LogP contribution < -0.4 is 10.2 Å². The first-order valence-corrected chi connectivity index (χ1v) is 9.29. The molecule has 3 aromatic rings. The molecule has 0 unspecified atom stereocenters. The Morgan fingerprint density at radius 1 is 0.963 bits per heavy atom. The highest BCUT2D eigenvalue weighted by molar-refractivity contribution is 14.1. The van der Waals surface area contributed by atoms with Gasteiger partial charge in [-0.1, -0.05) is 18.2 Å². The van der Waals surface area contributed by atoms with E-state index in [4.69, 9.17) is 4.74 Å². The number of amides is 2. The lowest BCUT2D eigenvalue weighted by Crippen LogP contribution is -2.33. The largest absolute Gasteiger partial charge is 0.494 e. The van der Waals surface area contributed by atoms with Crippen molar-refractivity contribution in [3.63, 3.8) is 0 Å². The van der Waals surface area contributed by atoms with Crippen molar-refractivity contribution >= 4 is 45.3 Å². The Balaban J connectivity index is 1.71. The van der Waals surface area contributed by atoms with E-state index in [2.05, 4.69) is 5.10 Å². The molecule has 0 aliphatic carbocycles. The summed E-state index contributed by atoms with van der Waals surface area (Å²) in [5.74, 6) is -0.124. The fourth-order valence-electron chi connectivity index (χ4n) is 3.25. The number of hydrogen-bond donors (Lipinski definition) is 0. The van der Waals surface area contributed by atoms with Gasteiger partial charge in [-0.2, -0.15) is 5.10 Å². The molecule has 1 aromatic heterocycles. The van der Waals surface area contributed by atoms with Crippen molar-refractivity contribution in [3.8, 4) is 5.75 Å². The molecule has 7 nitrogen and oxygen atoms in total. The van der Waals surface area contributed by atoms with E-state index in [9.17, 15) is 14.4 Å². The molecule has 1 aliphatic rings. The van der Waals surface area contributed by atoms with Crippen LogP contribution in [0.25, 0.3) is 10.9 Å². The summed E-state index contributed by atoms with van der Waals surface area (Å²) in [4.78, 5) is 38.7. The van der Waals surface area contributed by atoms with Crippen LogP contribution in [0.3, 0.4) is 0 Å². The summed E-state index contributed by atoms with van der Waals surface area (Å²) < 4.78 is 7.31. The molecule has 2 heterocycles. The fraction of sp³-hybridized carbons (Fsp3) is 0.158. The van der Waals surface area contributed by atoms with E-state index < -0.39 is 0 Å². The molecule has 4 rings (SSSR count). The number of rotatable bonds is 4. The highest BCUT2D eigenvalue weighted by atomic mass is 127. The number of para-hydroxylation sites is 1. The number of carbonyl (C=O) groups is 2. The van der Waals surface area contributed by atoms with E-state index in [1.165, 1.54) is 12.0 Å². The Hall–Kier alpha value is -2.75. The van der Waals surface area contributed by atoms with Crippen molar-refractivity contribution in [2.24, 2.45) is 0 Å². The number of imide groups is 1. The predicted molar refractivity (Wildman–Crippen MR) is 107 cm³/mol. The zero-order valence-corrected chi connectivity index (χ0v) is 16.5. The summed E-state index contributed by atoms with van der Waals surface area (Å²) in [5, 5.41) is 4.81. The maximum atomic E-state index is 12.5. The van der Waals surface area contributed by atoms with Crippen LogP contribution in [-0.2, 0) is 6.54 Å². The summed E-state index contributed by atoms with van der Waals surface area (Å²) in [5.41, 5.74) is 1.18. The third kappa shape index (κ3) is 2.80. The Labute approximate surface area is 167 Å². The summed E-state index contributed by atoms with van der Waals surface area (Å²) in [6.45, 7) is 0.393. The number of ether oxygens (including phenoxy) is 1. The molecular weight excluding hydrogens is 461 g/mol. The van der Waals surface area contributed by atoms with Gasteiger partial charge in [0.25, 0.3) is 11.8 Å². The molecule has 0 radical (unpaired) electrons. The molecule has 2 aromatic carbocycles. The highest BCUT2D eigenvalue weighted by Gasteiger charge is 2.34. The minimum absolute atomic E-state index is 0.144. The second-order valence-electron chi connectivity index (χ2n) is 6.01. The smallest absolute Gasteiger partial charge is 0.261 e. The van der Waals surface area contributed by atoms with Crippen LogP contribution in [0.1, 0.15) is 20.7 Å². The molecule has 2 amide bonds. The number of hydrogen-bond acceptors (Lipinski definition) is 5. The van der Waals surface area contributed by atoms with Gasteiger partial charge in [-0.15, -0.1) is 0 Å². The van der Waals surface area contributed by atoms with Crippen LogP contribution in [0.4, 0.5) is 0 Å². The average Bonchev–Trinajstić information content (AvgIpc) is 2.93. The molecule has 27 heavy (non-hydrogen) atoms. The van der Waals surface area contributed by atoms with Gasteiger partial charge in [0.1, 0.15) is 11.3 Å². The molecule has 0 atom stereocenters. The van der Waals surface area contributed by atoms with Crippen molar-refractivity contribution in [3.05, 3.63) is 67.5 Å². The zero-order chi connectivity index (χ0) is 19.1. The van der Waals surface area contributed by atoms with E-state index in [-0.39, 0.29) is 30.3 Å². The Kier molecular flexibility index (Phi) is 4.42. The van der Waals surface area contributed by atoms with Crippen molar-refractivity contribution in [2.75, 3.05) is 13.7 Å². The number of aromatic nitrogens is 2. The number of halogens is 1. The minimum atomic E-state index is -0.317. The van der Waals surface area contributed by atoms with Crippen LogP contribution in [0.5, 0.6) is 5.75 Å². The number of benzene rings is 2. The normalized spacial score (nSPS) is 13.3. The van der Waals surface area contributed by atoms with Gasteiger partial charge in [0.15, 0.2) is 3.70 Å². The van der Waals surface area contributed by atoms with Gasteiger partial charge in [0, 0.05) is 6.54 Å². The van der Waals surface area contributed by atoms with E-state index in [1.807, 2.05) is 22.6 Å². The topological polar surface area (TPSA) is 81.5 Å². The zero-order valence-electron chi connectivity index (χ0n) is 14.3. The fourth-order valence-corrected chi connectivity index (χ4v) is 3.80. The van der Waals surface area contributed by atoms with Gasteiger partial charge < -0.3 is 4.74 Å². The summed E-state index contributed by atoms with van der Waals surface area (Å²) in [6, 6.07) is 12.0. The monoisotopic (exact) mass is 475 g/mol. The average molecular weight is 475 g/mol. The van der Waals surface area contributed by atoms with Crippen LogP contribution >= 0.6 is 22.6 Å². The number of fused-ring (bicyclic) bond motifs is 2. The van der Waals surface area contributed by atoms with E-state index in [1.54, 1.807) is 47.1 Å². The van der Waals surface area contributed by atoms with E-state index >= 15 is 0 Å². The summed E-state index contributed by atoms with van der Waals surface area (Å²) >= 11 is 1.89. The highest BCUT2D eigenvalue weighted by Crippen LogP contribution is 2.25. The second kappa shape index (κ2) is 6.76. The van der Waals surface area contributed by atoms with Gasteiger partial charge >= 0.3 is 0 Å². The Morgan fingerprint density at radius 3 is 2.26 bits per heavy atom. The van der Waals surface area contributed by atoms with Crippen LogP contribution in [0.2, 0.25) is 0 Å². The summed E-state index contributed by atoms with van der Waals surface area (Å²) in [6.07, 6.45) is 0. The third-order valence-corrected chi connectivity index (χ3v) is 5.24. The first-order valence-electron chi connectivity index (χ1n) is 8.21. The van der Waals surface area contributed by atoms with Gasteiger partial charge in [-0.25, -0.2) is 0 Å². The van der Waals surface area contributed by atoms with Gasteiger partial charge in [-0.3, -0.25) is 24.0 Å². The van der Waals surface area contributed by atoms with Crippen LogP contribution in [-0.4, -0.2) is 40.1 Å². The second-order valence-corrected chi connectivity index (χ2v) is 7.03. The predicted octanol–water partition coefficient (Wildman–Crippen LogP) is 2.31. The molecule has 0 saturated heterocycles. The molecule has 0 fully saturated rings. The molecule has 136 valence electrons. The van der Waals surface area contributed by atoms with E-state index in [0.717, 1.165) is 0 Å². The standard InChI is InChI=1S/C19H14IN3O4/c1-27-14-8-4-7-13-15(14)23(21-17(20)16(13)24)10-9-22-18(25)11-5-2-3-6-12(11)19(22)26/h2-8H,9-10H2,1H3. The molecular formula is C19H14IN3O4. The molecule has 0 bridgehead atoms. The Morgan fingerprint density at radius 2 is 1.63 bits per heavy atom.